The van der Waals surface area contributed by atoms with E-state index in [-0.39, 0.29) is 12.2 Å². The summed E-state index contributed by atoms with van der Waals surface area (Å²) < 4.78 is 10.3. The lowest BCUT2D eigenvalue weighted by Crippen LogP contribution is -2.55. The first-order valence-electron chi connectivity index (χ1n) is 20.6. The predicted octanol–water partition coefficient (Wildman–Crippen LogP) is 4.79. The number of piperidine rings is 2. The van der Waals surface area contributed by atoms with Crippen LogP contribution < -0.4 is 5.32 Å². The average molecular weight is 699 g/mol. The smallest absolute Gasteiger partial charge is 0.409 e. The summed E-state index contributed by atoms with van der Waals surface area (Å²) in [6.07, 6.45) is 18.5. The summed E-state index contributed by atoms with van der Waals surface area (Å²) in [5, 5.41) is 3.70. The minimum atomic E-state index is -0.134. The molecule has 8 aliphatic rings. The Balaban J connectivity index is 0.000000157. The summed E-state index contributed by atoms with van der Waals surface area (Å²) in [4.78, 5) is 46.4. The highest BCUT2D eigenvalue weighted by molar-refractivity contribution is 5.68. The lowest BCUT2D eigenvalue weighted by atomic mass is 9.64. The highest BCUT2D eigenvalue weighted by Gasteiger charge is 2.53. The van der Waals surface area contributed by atoms with Gasteiger partial charge in [0.15, 0.2) is 0 Å². The van der Waals surface area contributed by atoms with Crippen molar-refractivity contribution in [3.8, 4) is 0 Å². The summed E-state index contributed by atoms with van der Waals surface area (Å²) in [6, 6.07) is 2.76. The largest absolute Gasteiger partial charge is 0.450 e. The maximum Gasteiger partial charge on any atom is 0.409 e. The molecule has 6 aliphatic heterocycles. The van der Waals surface area contributed by atoms with Gasteiger partial charge in [0.1, 0.15) is 0 Å². The van der Waals surface area contributed by atoms with Crippen molar-refractivity contribution >= 4 is 18.6 Å². The molecule has 2 spiro atoms. The number of carbonyl (C=O) groups excluding carboxylic acids is 3. The van der Waals surface area contributed by atoms with Crippen LogP contribution in [0.3, 0.4) is 0 Å². The van der Waals surface area contributed by atoms with Crippen molar-refractivity contribution in [2.45, 2.75) is 128 Å². The van der Waals surface area contributed by atoms with Gasteiger partial charge in [0.25, 0.3) is 0 Å². The van der Waals surface area contributed by atoms with Gasteiger partial charge in [-0.1, -0.05) is 0 Å². The van der Waals surface area contributed by atoms with Gasteiger partial charge >= 0.3 is 12.2 Å². The van der Waals surface area contributed by atoms with Crippen LogP contribution in [0.5, 0.6) is 0 Å². The SMILES string of the molecule is CCOC(=O)N1CCC2(CC(N3CCC(C4CCCN4)CC3)C2)C1.CCOC(=O)N1CCC2(CC(N3CCC(C4CCCN4C=O)CC3)C2)C1. The molecule has 0 radical (unpaired) electrons. The number of carbonyl (C=O) groups is 3. The van der Waals surface area contributed by atoms with Gasteiger partial charge in [0, 0.05) is 56.9 Å². The summed E-state index contributed by atoms with van der Waals surface area (Å²) >= 11 is 0. The fourth-order valence-electron chi connectivity index (χ4n) is 11.6. The molecule has 2 aliphatic carbocycles. The third kappa shape index (κ3) is 7.80. The monoisotopic (exact) mass is 699 g/mol. The zero-order valence-corrected chi connectivity index (χ0v) is 31.2. The van der Waals surface area contributed by atoms with Gasteiger partial charge in [0.05, 0.1) is 13.2 Å². The second-order valence-corrected chi connectivity index (χ2v) is 17.4. The Bertz CT molecular complexity index is 1150. The molecule has 6 heterocycles. The topological polar surface area (TPSA) is 97.9 Å². The molecule has 2 saturated carbocycles. The maximum atomic E-state index is 11.9. The van der Waals surface area contributed by atoms with Gasteiger partial charge in [-0.15, -0.1) is 0 Å². The average Bonchev–Trinajstić information content (AvgIpc) is 3.94. The molecule has 3 amide bonds. The van der Waals surface area contributed by atoms with Crippen molar-refractivity contribution in [1.29, 1.82) is 0 Å². The van der Waals surface area contributed by atoms with Crippen LogP contribution in [-0.4, -0.2) is 146 Å². The second kappa shape index (κ2) is 15.9. The third-order valence-electron chi connectivity index (χ3n) is 14.5. The van der Waals surface area contributed by atoms with Crippen molar-refractivity contribution < 1.29 is 23.9 Å². The molecule has 11 nitrogen and oxygen atoms in total. The molecule has 2 atom stereocenters. The Morgan fingerprint density at radius 3 is 1.66 bits per heavy atom. The van der Waals surface area contributed by atoms with Crippen molar-refractivity contribution in [3.05, 3.63) is 0 Å². The van der Waals surface area contributed by atoms with Crippen LogP contribution >= 0.6 is 0 Å². The number of likely N-dealkylation sites (tertiary alicyclic amines) is 5. The fraction of sp³-hybridized carbons (Fsp3) is 0.923. The molecular weight excluding hydrogens is 632 g/mol. The number of hydrogen-bond acceptors (Lipinski definition) is 8. The van der Waals surface area contributed by atoms with Gasteiger partial charge in [-0.2, -0.15) is 0 Å². The van der Waals surface area contributed by atoms with Gasteiger partial charge in [-0.05, 0) is 159 Å². The number of nitrogens with one attached hydrogen (secondary N) is 1. The van der Waals surface area contributed by atoms with Crippen molar-refractivity contribution in [3.63, 3.8) is 0 Å². The standard InChI is InChI=1S/C20H33N3O3.C19H33N3O2/c1-2-26-19(25)22-11-7-20(14-22)12-17(13-20)21-9-5-16(6-10-21)18-4-3-8-23(18)15-24;1-2-24-18(23)22-11-7-19(14-22)12-16(13-19)21-9-5-15(6-10-21)17-4-3-8-20-17/h15-18H,2-14H2,1H3;15-17,20H,2-14H2,1H3. The molecule has 8 fully saturated rings. The molecule has 6 saturated heterocycles. The van der Waals surface area contributed by atoms with E-state index in [2.05, 4.69) is 15.1 Å². The molecule has 0 aromatic heterocycles. The molecule has 282 valence electrons. The van der Waals surface area contributed by atoms with E-state index >= 15 is 0 Å². The Kier molecular flexibility index (Phi) is 11.5. The van der Waals surface area contributed by atoms with Crippen molar-refractivity contribution in [1.82, 2.24) is 29.8 Å². The molecule has 8 rings (SSSR count). The number of amides is 3. The Morgan fingerprint density at radius 1 is 0.680 bits per heavy atom. The van der Waals surface area contributed by atoms with Crippen molar-refractivity contribution in [2.75, 3.05) is 78.7 Å². The number of ether oxygens (including phenoxy) is 2. The highest BCUT2D eigenvalue weighted by Crippen LogP contribution is 2.52. The fourth-order valence-corrected chi connectivity index (χ4v) is 11.6. The second-order valence-electron chi connectivity index (χ2n) is 17.4. The van der Waals surface area contributed by atoms with Crippen molar-refractivity contribution in [2.24, 2.45) is 22.7 Å². The van der Waals surface area contributed by atoms with Crippen LogP contribution in [0, 0.1) is 22.7 Å². The van der Waals surface area contributed by atoms with E-state index in [4.69, 9.17) is 9.47 Å². The molecule has 2 unspecified atom stereocenters. The van der Waals surface area contributed by atoms with Crippen LogP contribution in [0.4, 0.5) is 9.59 Å². The van der Waals surface area contributed by atoms with Gasteiger partial charge in [-0.3, -0.25) is 4.79 Å². The van der Waals surface area contributed by atoms with E-state index in [0.29, 0.717) is 42.0 Å². The molecule has 0 aromatic carbocycles. The molecule has 0 bridgehead atoms. The van der Waals surface area contributed by atoms with Gasteiger partial charge in [0.2, 0.25) is 6.41 Å². The Hall–Kier alpha value is -2.11. The van der Waals surface area contributed by atoms with E-state index in [0.717, 1.165) is 63.6 Å². The third-order valence-corrected chi connectivity index (χ3v) is 14.5. The first-order valence-corrected chi connectivity index (χ1v) is 20.6. The number of hydrogen-bond donors (Lipinski definition) is 1. The maximum absolute atomic E-state index is 11.9. The van der Waals surface area contributed by atoms with Gasteiger partial charge in [-0.25, -0.2) is 9.59 Å². The Labute approximate surface area is 301 Å². The Morgan fingerprint density at radius 2 is 1.20 bits per heavy atom. The molecule has 0 aromatic rings. The molecule has 50 heavy (non-hydrogen) atoms. The number of nitrogens with zero attached hydrogens (tertiary/aromatic N) is 5. The summed E-state index contributed by atoms with van der Waals surface area (Å²) in [6.45, 7) is 15.3. The minimum Gasteiger partial charge on any atom is -0.450 e. The molecule has 11 heteroatoms. The minimum absolute atomic E-state index is 0.109. The van der Waals surface area contributed by atoms with E-state index < -0.39 is 0 Å². The van der Waals surface area contributed by atoms with Crippen LogP contribution in [0.25, 0.3) is 0 Å². The van der Waals surface area contributed by atoms with E-state index in [1.807, 2.05) is 28.5 Å². The van der Waals surface area contributed by atoms with Crippen LogP contribution in [0.1, 0.15) is 104 Å². The zero-order valence-electron chi connectivity index (χ0n) is 31.2. The first-order chi connectivity index (χ1) is 24.3. The molecular formula is C39H66N6O5. The van der Waals surface area contributed by atoms with E-state index in [1.54, 1.807) is 0 Å². The zero-order chi connectivity index (χ0) is 34.7. The van der Waals surface area contributed by atoms with Gasteiger partial charge < -0.3 is 39.3 Å². The van der Waals surface area contributed by atoms with E-state index in [9.17, 15) is 14.4 Å². The highest BCUT2D eigenvalue weighted by atomic mass is 16.6. The summed E-state index contributed by atoms with van der Waals surface area (Å²) in [5.74, 6) is 1.60. The van der Waals surface area contributed by atoms with E-state index in [1.165, 1.54) is 116 Å². The quantitative estimate of drug-likeness (QED) is 0.380. The molecule has 1 N–H and O–H groups in total. The van der Waals surface area contributed by atoms with Crippen LogP contribution in [0.15, 0.2) is 0 Å². The normalized spacial score (nSPS) is 36.7. The lowest BCUT2D eigenvalue weighted by Gasteiger charge is -2.52. The lowest BCUT2D eigenvalue weighted by molar-refractivity contribution is -0.120. The summed E-state index contributed by atoms with van der Waals surface area (Å²) in [7, 11) is 0. The van der Waals surface area contributed by atoms with Crippen LogP contribution in [-0.2, 0) is 14.3 Å². The summed E-state index contributed by atoms with van der Waals surface area (Å²) in [5.41, 5.74) is 0.759. The first kappa shape index (κ1) is 36.3. The number of rotatable bonds is 7. The predicted molar refractivity (Wildman–Crippen MR) is 193 cm³/mol. The van der Waals surface area contributed by atoms with Crippen LogP contribution in [0.2, 0.25) is 0 Å².